The maximum atomic E-state index is 13.3. The van der Waals surface area contributed by atoms with Crippen LogP contribution >= 0.6 is 0 Å². The molecule has 0 unspecified atom stereocenters. The number of nitrogens with zero attached hydrogens (tertiary/aromatic N) is 1. The van der Waals surface area contributed by atoms with Crippen molar-refractivity contribution in [1.82, 2.24) is 4.90 Å². The second-order valence-electron chi connectivity index (χ2n) is 5.41. The van der Waals surface area contributed by atoms with Gasteiger partial charge in [-0.3, -0.25) is 19.2 Å². The van der Waals surface area contributed by atoms with Crippen molar-refractivity contribution in [3.63, 3.8) is 0 Å². The lowest BCUT2D eigenvalue weighted by atomic mass is 10.1. The SMILES string of the molecule is Cc1cc(S(=O)(=O)Nc2cccc3c2C(=O)N(C)C3=O)ccc1F. The van der Waals surface area contributed by atoms with Crippen molar-refractivity contribution in [3.8, 4) is 0 Å². The van der Waals surface area contributed by atoms with Crippen LogP contribution < -0.4 is 4.72 Å². The van der Waals surface area contributed by atoms with Crippen molar-refractivity contribution in [2.45, 2.75) is 11.8 Å². The highest BCUT2D eigenvalue weighted by Gasteiger charge is 2.35. The van der Waals surface area contributed by atoms with Gasteiger partial charge in [0.15, 0.2) is 0 Å². The lowest BCUT2D eigenvalue weighted by molar-refractivity contribution is 0.0693. The Balaban J connectivity index is 2.05. The highest BCUT2D eigenvalue weighted by Crippen LogP contribution is 2.30. The zero-order chi connectivity index (χ0) is 17.6. The summed E-state index contributed by atoms with van der Waals surface area (Å²) in [6.07, 6.45) is 0. The molecule has 0 radical (unpaired) electrons. The number of sulfonamides is 1. The van der Waals surface area contributed by atoms with Crippen LogP contribution in [0.4, 0.5) is 10.1 Å². The van der Waals surface area contributed by atoms with Gasteiger partial charge in [-0.2, -0.15) is 0 Å². The third kappa shape index (κ3) is 2.44. The number of rotatable bonds is 3. The zero-order valence-electron chi connectivity index (χ0n) is 12.8. The second kappa shape index (κ2) is 5.41. The van der Waals surface area contributed by atoms with Gasteiger partial charge in [-0.25, -0.2) is 12.8 Å². The van der Waals surface area contributed by atoms with Crippen molar-refractivity contribution in [3.05, 3.63) is 58.9 Å². The van der Waals surface area contributed by atoms with Crippen molar-refractivity contribution < 1.29 is 22.4 Å². The Bertz CT molecular complexity index is 986. The topological polar surface area (TPSA) is 83.6 Å². The first-order chi connectivity index (χ1) is 11.2. The molecule has 1 aliphatic heterocycles. The van der Waals surface area contributed by atoms with E-state index in [0.717, 1.165) is 17.0 Å². The van der Waals surface area contributed by atoms with Crippen molar-refractivity contribution in [2.24, 2.45) is 0 Å². The van der Waals surface area contributed by atoms with Gasteiger partial charge in [-0.1, -0.05) is 6.07 Å². The van der Waals surface area contributed by atoms with E-state index in [4.69, 9.17) is 0 Å². The number of halogens is 1. The molecule has 0 saturated heterocycles. The Morgan fingerprint density at radius 3 is 2.46 bits per heavy atom. The number of aryl methyl sites for hydroxylation is 1. The molecule has 0 atom stereocenters. The summed E-state index contributed by atoms with van der Waals surface area (Å²) in [7, 11) is -2.71. The molecule has 0 bridgehead atoms. The van der Waals surface area contributed by atoms with Crippen LogP contribution in [-0.4, -0.2) is 32.2 Å². The van der Waals surface area contributed by atoms with Crippen LogP contribution in [0, 0.1) is 12.7 Å². The number of hydrogen-bond acceptors (Lipinski definition) is 4. The highest BCUT2D eigenvalue weighted by atomic mass is 32.2. The average molecular weight is 348 g/mol. The van der Waals surface area contributed by atoms with Crippen LogP contribution in [0.5, 0.6) is 0 Å². The first-order valence-corrected chi connectivity index (χ1v) is 8.45. The van der Waals surface area contributed by atoms with Crippen LogP contribution in [0.15, 0.2) is 41.3 Å². The third-order valence-corrected chi connectivity index (χ3v) is 5.17. The molecule has 2 aromatic carbocycles. The molecule has 2 aromatic rings. The highest BCUT2D eigenvalue weighted by molar-refractivity contribution is 7.92. The molecule has 0 spiro atoms. The number of benzene rings is 2. The number of hydrogen-bond donors (Lipinski definition) is 1. The Hall–Kier alpha value is -2.74. The minimum absolute atomic E-state index is 0.00686. The largest absolute Gasteiger partial charge is 0.279 e. The summed E-state index contributed by atoms with van der Waals surface area (Å²) in [5, 5.41) is 0. The molecule has 3 rings (SSSR count). The van der Waals surface area contributed by atoms with Crippen LogP contribution in [0.2, 0.25) is 0 Å². The Labute approximate surface area is 138 Å². The van der Waals surface area contributed by atoms with Crippen LogP contribution in [0.3, 0.4) is 0 Å². The van der Waals surface area contributed by atoms with Crippen LogP contribution in [-0.2, 0) is 10.0 Å². The smallest absolute Gasteiger partial charge is 0.263 e. The molecule has 1 heterocycles. The van der Waals surface area contributed by atoms with E-state index in [-0.39, 0.29) is 27.3 Å². The van der Waals surface area contributed by atoms with E-state index in [1.54, 1.807) is 0 Å². The average Bonchev–Trinajstić information content (AvgIpc) is 2.75. The first kappa shape index (κ1) is 16.1. The van der Waals surface area contributed by atoms with Gasteiger partial charge in [0.25, 0.3) is 21.8 Å². The van der Waals surface area contributed by atoms with Crippen molar-refractivity contribution >= 4 is 27.5 Å². The molecule has 0 aromatic heterocycles. The van der Waals surface area contributed by atoms with Gasteiger partial charge >= 0.3 is 0 Å². The van der Waals surface area contributed by atoms with E-state index in [0.29, 0.717) is 0 Å². The van der Waals surface area contributed by atoms with E-state index in [1.807, 2.05) is 0 Å². The fraction of sp³-hybridized carbons (Fsp3) is 0.125. The predicted molar refractivity (Wildman–Crippen MR) is 84.8 cm³/mol. The van der Waals surface area contributed by atoms with Gasteiger partial charge in [0.05, 0.1) is 21.7 Å². The molecule has 1 aliphatic rings. The van der Waals surface area contributed by atoms with Crippen molar-refractivity contribution in [1.29, 1.82) is 0 Å². The Morgan fingerprint density at radius 1 is 1.08 bits per heavy atom. The van der Waals surface area contributed by atoms with E-state index >= 15 is 0 Å². The summed E-state index contributed by atoms with van der Waals surface area (Å²) in [5.41, 5.74) is 0.338. The zero-order valence-corrected chi connectivity index (χ0v) is 13.6. The number of fused-ring (bicyclic) bond motifs is 1. The number of amides is 2. The van der Waals surface area contributed by atoms with Gasteiger partial charge in [0.1, 0.15) is 5.82 Å². The standard InChI is InChI=1S/C16H13FN2O4S/c1-9-8-10(6-7-12(9)17)24(22,23)18-13-5-3-4-11-14(13)16(21)19(2)15(11)20/h3-8,18H,1-2H3. The maximum Gasteiger partial charge on any atom is 0.263 e. The van der Waals surface area contributed by atoms with E-state index < -0.39 is 27.7 Å². The molecular formula is C16H13FN2O4S. The van der Waals surface area contributed by atoms with Crippen LogP contribution in [0.25, 0.3) is 0 Å². The van der Waals surface area contributed by atoms with Gasteiger partial charge in [-0.15, -0.1) is 0 Å². The summed E-state index contributed by atoms with van der Waals surface area (Å²) in [6.45, 7) is 1.45. The van der Waals surface area contributed by atoms with Gasteiger partial charge in [0, 0.05) is 7.05 Å². The summed E-state index contributed by atoms with van der Waals surface area (Å²) < 4.78 is 40.6. The molecule has 6 nitrogen and oxygen atoms in total. The number of anilines is 1. The predicted octanol–water partition coefficient (Wildman–Crippen LogP) is 2.16. The quantitative estimate of drug-likeness (QED) is 0.862. The molecule has 8 heteroatoms. The Morgan fingerprint density at radius 2 is 1.79 bits per heavy atom. The van der Waals surface area contributed by atoms with Crippen molar-refractivity contribution in [2.75, 3.05) is 11.8 Å². The minimum atomic E-state index is -4.03. The molecule has 24 heavy (non-hydrogen) atoms. The van der Waals surface area contributed by atoms with E-state index in [1.165, 1.54) is 38.2 Å². The minimum Gasteiger partial charge on any atom is -0.279 e. The normalized spacial score (nSPS) is 14.0. The van der Waals surface area contributed by atoms with Gasteiger partial charge in [0.2, 0.25) is 0 Å². The molecule has 0 saturated carbocycles. The lowest BCUT2D eigenvalue weighted by Crippen LogP contribution is -2.24. The van der Waals surface area contributed by atoms with Gasteiger partial charge < -0.3 is 0 Å². The Kier molecular flexibility index (Phi) is 3.64. The molecular weight excluding hydrogens is 335 g/mol. The molecule has 0 fully saturated rings. The summed E-state index contributed by atoms with van der Waals surface area (Å²) >= 11 is 0. The summed E-state index contributed by atoms with van der Waals surface area (Å²) in [5.74, 6) is -1.59. The molecule has 2 amide bonds. The number of carbonyl (C=O) groups excluding carboxylic acids is 2. The lowest BCUT2D eigenvalue weighted by Gasteiger charge is -2.11. The molecule has 1 N–H and O–H groups in total. The van der Waals surface area contributed by atoms with E-state index in [9.17, 15) is 22.4 Å². The van der Waals surface area contributed by atoms with Gasteiger partial charge in [-0.05, 0) is 42.8 Å². The van der Waals surface area contributed by atoms with Crippen LogP contribution in [0.1, 0.15) is 26.3 Å². The number of imide groups is 1. The molecule has 0 aliphatic carbocycles. The number of nitrogens with one attached hydrogen (secondary N) is 1. The van der Waals surface area contributed by atoms with E-state index in [2.05, 4.69) is 4.72 Å². The summed E-state index contributed by atoms with van der Waals surface area (Å²) in [6, 6.07) is 7.72. The summed E-state index contributed by atoms with van der Waals surface area (Å²) in [4.78, 5) is 24.9. The third-order valence-electron chi connectivity index (χ3n) is 3.80. The fourth-order valence-corrected chi connectivity index (χ4v) is 3.63. The fourth-order valence-electron chi connectivity index (χ4n) is 2.47. The second-order valence-corrected chi connectivity index (χ2v) is 7.10. The molecule has 124 valence electrons. The first-order valence-electron chi connectivity index (χ1n) is 6.97. The number of carbonyl (C=O) groups is 2. The monoisotopic (exact) mass is 348 g/mol. The maximum absolute atomic E-state index is 13.3.